The molecular weight excluding hydrogens is 228 g/mol. The molecule has 18 heavy (non-hydrogen) atoms. The molecule has 5 nitrogen and oxygen atoms in total. The van der Waals surface area contributed by atoms with E-state index in [1.807, 2.05) is 6.92 Å². The van der Waals surface area contributed by atoms with Crippen LogP contribution in [0, 0.1) is 18.3 Å². The van der Waals surface area contributed by atoms with Crippen molar-refractivity contribution in [2.45, 2.75) is 44.6 Å². The molecule has 0 unspecified atom stereocenters. The van der Waals surface area contributed by atoms with Gasteiger partial charge in [-0.2, -0.15) is 10.4 Å². The van der Waals surface area contributed by atoms with E-state index in [2.05, 4.69) is 16.5 Å². The first-order valence-electron chi connectivity index (χ1n) is 6.46. The molecule has 2 N–H and O–H groups in total. The van der Waals surface area contributed by atoms with Gasteiger partial charge in [0, 0.05) is 13.6 Å². The summed E-state index contributed by atoms with van der Waals surface area (Å²) in [7, 11) is 1.81. The zero-order valence-corrected chi connectivity index (χ0v) is 11.0. The summed E-state index contributed by atoms with van der Waals surface area (Å²) in [5.74, 6) is 0.703. The van der Waals surface area contributed by atoms with Gasteiger partial charge in [-0.05, 0) is 19.8 Å². The second-order valence-electron chi connectivity index (χ2n) is 5.18. The maximum absolute atomic E-state index is 10.4. The molecule has 1 heterocycles. The van der Waals surface area contributed by atoms with Gasteiger partial charge in [0.2, 0.25) is 0 Å². The molecule has 1 aromatic heterocycles. The number of nitrogens with zero attached hydrogens (tertiary/aromatic N) is 3. The Morgan fingerprint density at radius 1 is 1.44 bits per heavy atom. The molecule has 0 atom stereocenters. The summed E-state index contributed by atoms with van der Waals surface area (Å²) in [5, 5.41) is 26.9. The van der Waals surface area contributed by atoms with Crippen LogP contribution < -0.4 is 5.32 Å². The summed E-state index contributed by atoms with van der Waals surface area (Å²) >= 11 is 0. The van der Waals surface area contributed by atoms with Crippen LogP contribution in [0.3, 0.4) is 0 Å². The Morgan fingerprint density at radius 2 is 2.11 bits per heavy atom. The maximum Gasteiger partial charge on any atom is 0.142 e. The van der Waals surface area contributed by atoms with E-state index in [0.29, 0.717) is 17.9 Å². The van der Waals surface area contributed by atoms with E-state index in [1.165, 1.54) is 6.42 Å². The van der Waals surface area contributed by atoms with E-state index in [1.54, 1.807) is 11.7 Å². The van der Waals surface area contributed by atoms with Crippen molar-refractivity contribution < 1.29 is 5.11 Å². The van der Waals surface area contributed by atoms with Crippen LogP contribution in [-0.2, 0) is 7.05 Å². The van der Waals surface area contributed by atoms with E-state index in [-0.39, 0.29) is 0 Å². The van der Waals surface area contributed by atoms with Gasteiger partial charge in [-0.3, -0.25) is 4.68 Å². The number of anilines is 1. The fraction of sp³-hybridized carbons (Fsp3) is 0.692. The number of hydrogen-bond donors (Lipinski definition) is 2. The third-order valence-electron chi connectivity index (χ3n) is 3.70. The number of aliphatic hydroxyl groups is 1. The summed E-state index contributed by atoms with van der Waals surface area (Å²) in [6, 6.07) is 2.16. The Kier molecular flexibility index (Phi) is 3.58. The van der Waals surface area contributed by atoms with Crippen molar-refractivity contribution in [2.24, 2.45) is 7.05 Å². The van der Waals surface area contributed by atoms with Crippen molar-refractivity contribution in [3.63, 3.8) is 0 Å². The van der Waals surface area contributed by atoms with Gasteiger partial charge in [-0.25, -0.2) is 0 Å². The molecular formula is C13H20N4O. The van der Waals surface area contributed by atoms with Gasteiger partial charge in [0.05, 0.1) is 11.3 Å². The van der Waals surface area contributed by atoms with Crippen LogP contribution in [0.25, 0.3) is 0 Å². The van der Waals surface area contributed by atoms with Crippen LogP contribution in [0.1, 0.15) is 43.4 Å². The maximum atomic E-state index is 10.4. The largest absolute Gasteiger partial charge is 0.388 e. The predicted molar refractivity (Wildman–Crippen MR) is 69.2 cm³/mol. The molecule has 0 amide bonds. The van der Waals surface area contributed by atoms with Gasteiger partial charge in [-0.15, -0.1) is 0 Å². The highest BCUT2D eigenvalue weighted by molar-refractivity contribution is 5.55. The second kappa shape index (κ2) is 4.99. The molecule has 0 bridgehead atoms. The highest BCUT2D eigenvalue weighted by Gasteiger charge is 2.29. The Morgan fingerprint density at radius 3 is 2.72 bits per heavy atom. The van der Waals surface area contributed by atoms with Crippen LogP contribution in [0.2, 0.25) is 0 Å². The number of hydrogen-bond acceptors (Lipinski definition) is 4. The normalized spacial score (nSPS) is 18.3. The number of nitriles is 1. The quantitative estimate of drug-likeness (QED) is 0.854. The molecule has 0 aliphatic heterocycles. The minimum absolute atomic E-state index is 0.487. The minimum Gasteiger partial charge on any atom is -0.388 e. The van der Waals surface area contributed by atoms with Crippen molar-refractivity contribution in [2.75, 3.05) is 11.9 Å². The lowest BCUT2D eigenvalue weighted by atomic mass is 9.85. The van der Waals surface area contributed by atoms with Gasteiger partial charge in [0.15, 0.2) is 0 Å². The Labute approximate surface area is 107 Å². The van der Waals surface area contributed by atoms with Crippen molar-refractivity contribution in [3.8, 4) is 6.07 Å². The van der Waals surface area contributed by atoms with Gasteiger partial charge >= 0.3 is 0 Å². The first kappa shape index (κ1) is 12.9. The molecule has 1 fully saturated rings. The second-order valence-corrected chi connectivity index (χ2v) is 5.18. The first-order chi connectivity index (χ1) is 8.56. The van der Waals surface area contributed by atoms with Gasteiger partial charge in [0.1, 0.15) is 17.5 Å². The van der Waals surface area contributed by atoms with E-state index < -0.39 is 5.60 Å². The average molecular weight is 248 g/mol. The third-order valence-corrected chi connectivity index (χ3v) is 3.70. The van der Waals surface area contributed by atoms with Crippen LogP contribution in [0.5, 0.6) is 0 Å². The first-order valence-corrected chi connectivity index (χ1v) is 6.46. The monoisotopic (exact) mass is 248 g/mol. The molecule has 5 heteroatoms. The summed E-state index contributed by atoms with van der Waals surface area (Å²) in [6.45, 7) is 2.31. The van der Waals surface area contributed by atoms with Crippen molar-refractivity contribution in [3.05, 3.63) is 11.3 Å². The Balaban J connectivity index is 2.08. The van der Waals surface area contributed by atoms with E-state index in [0.717, 1.165) is 31.4 Å². The molecule has 0 spiro atoms. The molecule has 0 radical (unpaired) electrons. The molecule has 1 aromatic rings. The van der Waals surface area contributed by atoms with Gasteiger partial charge < -0.3 is 10.4 Å². The van der Waals surface area contributed by atoms with E-state index >= 15 is 0 Å². The van der Waals surface area contributed by atoms with Crippen molar-refractivity contribution in [1.82, 2.24) is 9.78 Å². The lowest BCUT2D eigenvalue weighted by molar-refractivity contribution is 0.0166. The Hall–Kier alpha value is -1.54. The molecule has 98 valence electrons. The molecule has 1 aliphatic rings. The summed E-state index contributed by atoms with van der Waals surface area (Å²) in [6.07, 6.45) is 5.02. The fourth-order valence-corrected chi connectivity index (χ4v) is 2.63. The number of rotatable bonds is 3. The molecule has 1 aliphatic carbocycles. The smallest absolute Gasteiger partial charge is 0.142 e. The SMILES string of the molecule is Cc1nn(C)c(NCC2(O)CCCCC2)c1C#N. The number of aryl methyl sites for hydroxylation is 2. The van der Waals surface area contributed by atoms with E-state index in [4.69, 9.17) is 5.26 Å². The standard InChI is InChI=1S/C13H20N4O/c1-10-11(8-14)12(17(2)16-10)15-9-13(18)6-4-3-5-7-13/h15,18H,3-7,9H2,1-2H3. The number of nitrogens with one attached hydrogen (secondary N) is 1. The lowest BCUT2D eigenvalue weighted by Crippen LogP contribution is -2.39. The van der Waals surface area contributed by atoms with Crippen molar-refractivity contribution >= 4 is 5.82 Å². The molecule has 2 rings (SSSR count). The van der Waals surface area contributed by atoms with E-state index in [9.17, 15) is 5.11 Å². The highest BCUT2D eigenvalue weighted by Crippen LogP contribution is 2.28. The highest BCUT2D eigenvalue weighted by atomic mass is 16.3. The van der Waals surface area contributed by atoms with Crippen LogP contribution in [-0.4, -0.2) is 27.0 Å². The van der Waals surface area contributed by atoms with Crippen LogP contribution in [0.15, 0.2) is 0 Å². The van der Waals surface area contributed by atoms with Gasteiger partial charge in [0.25, 0.3) is 0 Å². The summed E-state index contributed by atoms with van der Waals surface area (Å²) in [5.41, 5.74) is 0.651. The molecule has 1 saturated carbocycles. The molecule has 0 aromatic carbocycles. The van der Waals surface area contributed by atoms with Crippen LogP contribution in [0.4, 0.5) is 5.82 Å². The summed E-state index contributed by atoms with van der Waals surface area (Å²) < 4.78 is 1.67. The lowest BCUT2D eigenvalue weighted by Gasteiger charge is -2.32. The average Bonchev–Trinajstić information content (AvgIpc) is 2.61. The number of aromatic nitrogens is 2. The zero-order valence-electron chi connectivity index (χ0n) is 11.0. The topological polar surface area (TPSA) is 73.9 Å². The van der Waals surface area contributed by atoms with Crippen molar-refractivity contribution in [1.29, 1.82) is 5.26 Å². The minimum atomic E-state index is -0.636. The van der Waals surface area contributed by atoms with Crippen LogP contribution >= 0.6 is 0 Å². The fourth-order valence-electron chi connectivity index (χ4n) is 2.63. The van der Waals surface area contributed by atoms with Gasteiger partial charge in [-0.1, -0.05) is 19.3 Å². The Bertz CT molecular complexity index is 466. The predicted octanol–water partition coefficient (Wildman–Crippen LogP) is 1.71. The summed E-state index contributed by atoms with van der Waals surface area (Å²) in [4.78, 5) is 0. The zero-order chi connectivity index (χ0) is 13.2. The molecule has 0 saturated heterocycles. The third kappa shape index (κ3) is 2.49.